The number of nitrogens with one attached hydrogen (secondary N) is 1. The Morgan fingerprint density at radius 2 is 1.62 bits per heavy atom. The maximum absolute atomic E-state index is 12.6. The highest BCUT2D eigenvalue weighted by Crippen LogP contribution is 2.30. The first kappa shape index (κ1) is 23.6. The van der Waals surface area contributed by atoms with Crippen LogP contribution in [0.5, 0.6) is 0 Å². The van der Waals surface area contributed by atoms with Crippen molar-refractivity contribution in [2.24, 2.45) is 17.8 Å². The van der Waals surface area contributed by atoms with Crippen LogP contribution in [0.1, 0.15) is 90.9 Å². The number of imide groups is 1. The van der Waals surface area contributed by atoms with Crippen LogP contribution in [0.2, 0.25) is 0 Å². The minimum Gasteiger partial charge on any atom is -0.356 e. The maximum atomic E-state index is 12.6. The van der Waals surface area contributed by atoms with E-state index in [0.29, 0.717) is 18.4 Å². The summed E-state index contributed by atoms with van der Waals surface area (Å²) >= 11 is 0. The third kappa shape index (κ3) is 7.94. The van der Waals surface area contributed by atoms with Crippen LogP contribution in [0.25, 0.3) is 0 Å². The van der Waals surface area contributed by atoms with Gasteiger partial charge in [-0.25, -0.2) is 0 Å². The van der Waals surface area contributed by atoms with E-state index >= 15 is 0 Å². The van der Waals surface area contributed by atoms with Gasteiger partial charge in [0.25, 0.3) is 11.8 Å². The van der Waals surface area contributed by atoms with E-state index in [1.54, 1.807) is 0 Å². The fourth-order valence-corrected chi connectivity index (χ4v) is 4.66. The first-order chi connectivity index (χ1) is 14.0. The Bertz CT molecular complexity index is 546. The summed E-state index contributed by atoms with van der Waals surface area (Å²) < 4.78 is 0. The number of carbonyl (C=O) groups is 3. The van der Waals surface area contributed by atoms with E-state index in [2.05, 4.69) is 19.2 Å². The van der Waals surface area contributed by atoms with Gasteiger partial charge in [-0.2, -0.15) is 0 Å². The van der Waals surface area contributed by atoms with Crippen LogP contribution in [0.15, 0.2) is 12.2 Å². The van der Waals surface area contributed by atoms with Crippen molar-refractivity contribution < 1.29 is 14.4 Å². The van der Waals surface area contributed by atoms with Crippen LogP contribution < -0.4 is 5.32 Å². The molecule has 1 fully saturated rings. The average Bonchev–Trinajstić information content (AvgIpc) is 3.04. The minimum atomic E-state index is -0.202. The van der Waals surface area contributed by atoms with Gasteiger partial charge in [0.15, 0.2) is 0 Å². The van der Waals surface area contributed by atoms with E-state index in [1.807, 2.05) is 0 Å². The molecule has 164 valence electrons. The monoisotopic (exact) mass is 404 g/mol. The zero-order valence-electron chi connectivity index (χ0n) is 18.5. The van der Waals surface area contributed by atoms with E-state index < -0.39 is 0 Å². The van der Waals surface area contributed by atoms with Gasteiger partial charge < -0.3 is 5.32 Å². The molecular formula is C24H40N2O3. The molecule has 3 amide bonds. The highest BCUT2D eigenvalue weighted by molar-refractivity contribution is 6.12. The second-order valence-electron chi connectivity index (χ2n) is 8.94. The van der Waals surface area contributed by atoms with Gasteiger partial charge in [-0.05, 0) is 50.4 Å². The van der Waals surface area contributed by atoms with E-state index in [0.717, 1.165) is 32.2 Å². The van der Waals surface area contributed by atoms with Crippen LogP contribution in [-0.2, 0) is 14.4 Å². The molecule has 1 saturated carbocycles. The van der Waals surface area contributed by atoms with Crippen molar-refractivity contribution in [2.45, 2.75) is 90.9 Å². The lowest BCUT2D eigenvalue weighted by Crippen LogP contribution is -2.39. The molecule has 0 aromatic rings. The number of amides is 3. The summed E-state index contributed by atoms with van der Waals surface area (Å²) in [6.45, 7) is 5.77. The van der Waals surface area contributed by atoms with Gasteiger partial charge in [0, 0.05) is 31.2 Å². The smallest absolute Gasteiger partial charge is 0.253 e. The third-order valence-corrected chi connectivity index (χ3v) is 6.54. The van der Waals surface area contributed by atoms with Crippen molar-refractivity contribution in [1.29, 1.82) is 0 Å². The van der Waals surface area contributed by atoms with Crippen LogP contribution in [0, 0.1) is 17.8 Å². The molecule has 0 bridgehead atoms. The predicted molar refractivity (Wildman–Crippen MR) is 116 cm³/mol. The molecule has 0 aromatic carbocycles. The lowest BCUT2D eigenvalue weighted by atomic mass is 9.81. The Morgan fingerprint density at radius 1 is 0.966 bits per heavy atom. The first-order valence-electron chi connectivity index (χ1n) is 11.9. The van der Waals surface area contributed by atoms with Crippen molar-refractivity contribution in [2.75, 3.05) is 13.1 Å². The molecule has 1 unspecified atom stereocenters. The number of rotatable bonds is 13. The summed E-state index contributed by atoms with van der Waals surface area (Å²) in [5, 5.41) is 3.22. The summed E-state index contributed by atoms with van der Waals surface area (Å²) in [6, 6.07) is 0. The van der Waals surface area contributed by atoms with E-state index in [-0.39, 0.29) is 23.6 Å². The van der Waals surface area contributed by atoms with E-state index in [1.165, 1.54) is 68.4 Å². The van der Waals surface area contributed by atoms with Crippen molar-refractivity contribution in [3.05, 3.63) is 12.2 Å². The molecule has 2 rings (SSSR count). The Kier molecular flexibility index (Phi) is 10.4. The second kappa shape index (κ2) is 12.8. The number of hydrogen-bond acceptors (Lipinski definition) is 3. The molecule has 0 aromatic heterocycles. The molecule has 2 aliphatic rings. The molecule has 0 spiro atoms. The highest BCUT2D eigenvalue weighted by Gasteiger charge is 2.31. The van der Waals surface area contributed by atoms with Gasteiger partial charge in [-0.1, -0.05) is 52.4 Å². The number of unbranched alkanes of at least 4 members (excludes halogenated alkanes) is 4. The lowest BCUT2D eigenvalue weighted by molar-refractivity contribution is -0.138. The molecule has 5 heteroatoms. The Hall–Kier alpha value is -1.65. The normalized spacial score (nSPS) is 22.9. The van der Waals surface area contributed by atoms with Gasteiger partial charge >= 0.3 is 0 Å². The van der Waals surface area contributed by atoms with Crippen LogP contribution >= 0.6 is 0 Å². The molecule has 5 nitrogen and oxygen atoms in total. The molecular weight excluding hydrogens is 364 g/mol. The molecule has 0 radical (unpaired) electrons. The van der Waals surface area contributed by atoms with Crippen LogP contribution in [-0.4, -0.2) is 35.7 Å². The zero-order chi connectivity index (χ0) is 21.1. The topological polar surface area (TPSA) is 66.5 Å². The quantitative estimate of drug-likeness (QED) is 0.360. The summed E-state index contributed by atoms with van der Waals surface area (Å²) in [6.07, 6.45) is 16.3. The Labute approximate surface area is 176 Å². The zero-order valence-corrected chi connectivity index (χ0v) is 18.5. The van der Waals surface area contributed by atoms with Gasteiger partial charge in [0.05, 0.1) is 0 Å². The van der Waals surface area contributed by atoms with Gasteiger partial charge in [0.1, 0.15) is 0 Å². The number of hydrogen-bond donors (Lipinski definition) is 1. The summed E-state index contributed by atoms with van der Waals surface area (Å²) in [7, 11) is 0. The first-order valence-corrected chi connectivity index (χ1v) is 11.9. The van der Waals surface area contributed by atoms with Crippen molar-refractivity contribution in [1.82, 2.24) is 10.2 Å². The minimum absolute atomic E-state index is 0.0844. The molecule has 1 atom stereocenters. The third-order valence-electron chi connectivity index (χ3n) is 6.54. The van der Waals surface area contributed by atoms with E-state index in [9.17, 15) is 14.4 Å². The van der Waals surface area contributed by atoms with Gasteiger partial charge in [-0.15, -0.1) is 0 Å². The van der Waals surface area contributed by atoms with Crippen molar-refractivity contribution in [3.63, 3.8) is 0 Å². The molecule has 1 aliphatic carbocycles. The summed E-state index contributed by atoms with van der Waals surface area (Å²) in [5.74, 6) is 0.800. The molecule has 1 N–H and O–H groups in total. The molecule has 1 aliphatic heterocycles. The number of nitrogens with zero attached hydrogens (tertiary/aromatic N) is 1. The Balaban J connectivity index is 1.65. The molecule has 0 saturated heterocycles. The SMILES string of the molecule is CCCCCCCC(CCC)CNC(=O)C1CCC(CN2C(=O)C=CC2=O)CC1. The lowest BCUT2D eigenvalue weighted by Gasteiger charge is -2.30. The number of carbonyl (C=O) groups excluding carboxylic acids is 3. The summed E-state index contributed by atoms with van der Waals surface area (Å²) in [4.78, 5) is 37.4. The summed E-state index contributed by atoms with van der Waals surface area (Å²) in [5.41, 5.74) is 0. The predicted octanol–water partition coefficient (Wildman–Crippen LogP) is 4.61. The standard InChI is InChI=1S/C24H40N2O3/c1-3-5-6-7-8-10-19(9-4-2)17-25-24(29)21-13-11-20(12-14-21)18-26-22(27)15-16-23(26)28/h15-16,19-21H,3-14,17-18H2,1-2H3,(H,25,29). The largest absolute Gasteiger partial charge is 0.356 e. The van der Waals surface area contributed by atoms with E-state index in [4.69, 9.17) is 0 Å². The second-order valence-corrected chi connectivity index (χ2v) is 8.94. The molecule has 1 heterocycles. The van der Waals surface area contributed by atoms with Crippen LogP contribution in [0.4, 0.5) is 0 Å². The van der Waals surface area contributed by atoms with Crippen molar-refractivity contribution in [3.8, 4) is 0 Å². The van der Waals surface area contributed by atoms with Crippen LogP contribution in [0.3, 0.4) is 0 Å². The Morgan fingerprint density at radius 3 is 2.24 bits per heavy atom. The maximum Gasteiger partial charge on any atom is 0.253 e. The fourth-order valence-electron chi connectivity index (χ4n) is 4.66. The van der Waals surface area contributed by atoms with Gasteiger partial charge in [0.2, 0.25) is 5.91 Å². The molecule has 29 heavy (non-hydrogen) atoms. The highest BCUT2D eigenvalue weighted by atomic mass is 16.2. The average molecular weight is 405 g/mol. The fraction of sp³-hybridized carbons (Fsp3) is 0.792. The van der Waals surface area contributed by atoms with Crippen molar-refractivity contribution >= 4 is 17.7 Å². The van der Waals surface area contributed by atoms with Gasteiger partial charge in [-0.3, -0.25) is 19.3 Å².